The molecule has 54 heavy (non-hydrogen) atoms. The lowest BCUT2D eigenvalue weighted by Crippen LogP contribution is -2.01. The average molecular weight is 773 g/mol. The third kappa shape index (κ3) is 29.3. The summed E-state index contributed by atoms with van der Waals surface area (Å²) in [5, 5.41) is 18.2. The van der Waals surface area contributed by atoms with Gasteiger partial charge in [-0.1, -0.05) is 206 Å². The predicted octanol–water partition coefficient (Wildman–Crippen LogP) is 15.5. The molecule has 2 aromatic rings. The zero-order valence-corrected chi connectivity index (χ0v) is 36.0. The van der Waals surface area contributed by atoms with Gasteiger partial charge in [0.25, 0.3) is 0 Å². The molecule has 312 valence electrons. The minimum Gasteiger partial charge on any atom is -0.508 e. The molecule has 0 bridgehead atoms. The Morgan fingerprint density at radius 2 is 0.556 bits per heavy atom. The van der Waals surface area contributed by atoms with Gasteiger partial charge in [-0.15, -0.1) is 0 Å². The van der Waals surface area contributed by atoms with Crippen molar-refractivity contribution in [3.05, 3.63) is 48.5 Å². The zero-order valence-electron chi connectivity index (χ0n) is 35.2. The van der Waals surface area contributed by atoms with Crippen LogP contribution in [0, 0.1) is 0 Å². The first-order valence-corrected chi connectivity index (χ1v) is 24.3. The van der Waals surface area contributed by atoms with Crippen LogP contribution in [0.15, 0.2) is 58.3 Å². The fourth-order valence-electron chi connectivity index (χ4n) is 6.99. The highest BCUT2D eigenvalue weighted by atomic mass is 32.2. The molecule has 2 rings (SSSR count). The molecule has 2 aromatic carbocycles. The van der Waals surface area contributed by atoms with Crippen LogP contribution in [0.25, 0.3) is 0 Å². The minimum atomic E-state index is -3.59. The third-order valence-electron chi connectivity index (χ3n) is 10.6. The molecular weight excluding hydrogens is 689 g/mol. The molecule has 0 radical (unpaired) electrons. The average Bonchev–Trinajstić information content (AvgIpc) is 3.17. The van der Waals surface area contributed by atoms with Crippen molar-refractivity contribution < 1.29 is 23.4 Å². The van der Waals surface area contributed by atoms with Crippen molar-refractivity contribution in [2.45, 2.75) is 229 Å². The maximum atomic E-state index is 12.1. The van der Waals surface area contributed by atoms with Crippen LogP contribution >= 0.6 is 0 Å². The summed E-state index contributed by atoms with van der Waals surface area (Å²) in [6, 6.07) is 10.6. The smallest absolute Gasteiger partial charge is 0.206 e. The second-order valence-electron chi connectivity index (χ2n) is 15.7. The van der Waals surface area contributed by atoms with Gasteiger partial charge in [0.15, 0.2) is 0 Å². The van der Waals surface area contributed by atoms with Gasteiger partial charge >= 0.3 is 0 Å². The molecule has 0 atom stereocenters. The Morgan fingerprint density at radius 1 is 0.352 bits per heavy atom. The number of sulfone groups is 1. The van der Waals surface area contributed by atoms with E-state index in [0.717, 1.165) is 13.2 Å². The SMILES string of the molecule is CCCCCCCCCCCCCCCCCCOCCCCCCCCCCCCCCCCCC.O=S(=O)(c1ccc(O)cc1)c1ccc(O)cc1. The van der Waals surface area contributed by atoms with E-state index in [2.05, 4.69) is 13.8 Å². The molecule has 0 spiro atoms. The van der Waals surface area contributed by atoms with Crippen LogP contribution in [0.4, 0.5) is 0 Å². The Labute approximate surface area is 334 Å². The number of benzene rings is 2. The van der Waals surface area contributed by atoms with E-state index in [1.807, 2.05) is 0 Å². The number of hydrogen-bond acceptors (Lipinski definition) is 5. The maximum Gasteiger partial charge on any atom is 0.206 e. The molecule has 0 aromatic heterocycles. The van der Waals surface area contributed by atoms with E-state index in [-0.39, 0.29) is 21.3 Å². The molecule has 0 saturated carbocycles. The Kier molecular flexibility index (Phi) is 33.8. The van der Waals surface area contributed by atoms with Gasteiger partial charge < -0.3 is 14.9 Å². The Hall–Kier alpha value is -2.05. The number of ether oxygens (including phenoxy) is 1. The van der Waals surface area contributed by atoms with E-state index in [1.165, 1.54) is 254 Å². The van der Waals surface area contributed by atoms with Crippen molar-refractivity contribution in [1.82, 2.24) is 0 Å². The van der Waals surface area contributed by atoms with Crippen molar-refractivity contribution in [3.8, 4) is 11.5 Å². The van der Waals surface area contributed by atoms with E-state index >= 15 is 0 Å². The Morgan fingerprint density at radius 3 is 0.778 bits per heavy atom. The van der Waals surface area contributed by atoms with Gasteiger partial charge in [-0.25, -0.2) is 8.42 Å². The molecular formula is C48H84O5S. The summed E-state index contributed by atoms with van der Waals surface area (Å²) in [7, 11) is -3.59. The standard InChI is InChI=1S/C36H74O.C12H10O4S/c1-3-5-7-9-11-13-15-17-19-21-23-25-27-29-31-33-35-37-36-34-32-30-28-26-24-22-20-18-16-14-12-10-8-6-4-2;13-9-1-5-11(6-2-9)17(15,16)12-7-3-10(14)4-8-12/h3-36H2,1-2H3;1-8,13-14H. The molecule has 0 fully saturated rings. The first-order chi connectivity index (χ1) is 26.4. The van der Waals surface area contributed by atoms with Crippen molar-refractivity contribution in [2.75, 3.05) is 13.2 Å². The highest BCUT2D eigenvalue weighted by Crippen LogP contribution is 2.24. The molecule has 0 unspecified atom stereocenters. The van der Waals surface area contributed by atoms with Crippen molar-refractivity contribution in [3.63, 3.8) is 0 Å². The lowest BCUT2D eigenvalue weighted by Gasteiger charge is -2.06. The van der Waals surface area contributed by atoms with E-state index in [4.69, 9.17) is 14.9 Å². The molecule has 0 saturated heterocycles. The largest absolute Gasteiger partial charge is 0.508 e. The van der Waals surface area contributed by atoms with Crippen LogP contribution in [-0.4, -0.2) is 31.8 Å². The van der Waals surface area contributed by atoms with E-state index in [0.29, 0.717) is 0 Å². The van der Waals surface area contributed by atoms with Crippen LogP contribution in [-0.2, 0) is 14.6 Å². The van der Waals surface area contributed by atoms with Crippen molar-refractivity contribution >= 4 is 9.84 Å². The van der Waals surface area contributed by atoms with Crippen LogP contribution in [0.5, 0.6) is 11.5 Å². The van der Waals surface area contributed by atoms with Gasteiger partial charge in [-0.05, 0) is 61.4 Å². The summed E-state index contributed by atoms with van der Waals surface area (Å²) in [5.74, 6) is 0.0179. The Balaban J connectivity index is 0.000000703. The molecule has 2 N–H and O–H groups in total. The van der Waals surface area contributed by atoms with Crippen molar-refractivity contribution in [1.29, 1.82) is 0 Å². The van der Waals surface area contributed by atoms with E-state index in [9.17, 15) is 8.42 Å². The summed E-state index contributed by atoms with van der Waals surface area (Å²) >= 11 is 0. The monoisotopic (exact) mass is 773 g/mol. The fraction of sp³-hybridized carbons (Fsp3) is 0.750. The predicted molar refractivity (Wildman–Crippen MR) is 232 cm³/mol. The number of phenolic OH excluding ortho intramolecular Hbond substituents is 2. The number of unbranched alkanes of at least 4 members (excludes halogenated alkanes) is 30. The van der Waals surface area contributed by atoms with Gasteiger partial charge in [-0.2, -0.15) is 0 Å². The molecule has 6 heteroatoms. The van der Waals surface area contributed by atoms with Gasteiger partial charge in [0.05, 0.1) is 9.79 Å². The zero-order chi connectivity index (χ0) is 39.2. The topological polar surface area (TPSA) is 83.8 Å². The van der Waals surface area contributed by atoms with Crippen LogP contribution in [0.2, 0.25) is 0 Å². The number of phenols is 2. The first kappa shape index (κ1) is 50.0. The first-order valence-electron chi connectivity index (χ1n) is 22.8. The lowest BCUT2D eigenvalue weighted by atomic mass is 10.0. The Bertz CT molecular complexity index is 1080. The quantitative estimate of drug-likeness (QED) is 0.0674. The normalized spacial score (nSPS) is 11.4. The van der Waals surface area contributed by atoms with Gasteiger partial charge in [0.1, 0.15) is 11.5 Å². The summed E-state index contributed by atoms with van der Waals surface area (Å²) in [6.45, 7) is 6.60. The van der Waals surface area contributed by atoms with E-state index < -0.39 is 9.84 Å². The highest BCUT2D eigenvalue weighted by molar-refractivity contribution is 7.91. The van der Waals surface area contributed by atoms with Crippen LogP contribution < -0.4 is 0 Å². The lowest BCUT2D eigenvalue weighted by molar-refractivity contribution is 0.125. The maximum absolute atomic E-state index is 12.1. The van der Waals surface area contributed by atoms with Crippen LogP contribution in [0.1, 0.15) is 219 Å². The third-order valence-corrected chi connectivity index (χ3v) is 12.4. The number of hydrogen-bond donors (Lipinski definition) is 2. The second-order valence-corrected chi connectivity index (χ2v) is 17.7. The molecule has 0 aliphatic heterocycles. The number of aromatic hydroxyl groups is 2. The molecule has 0 aliphatic carbocycles. The van der Waals surface area contributed by atoms with Crippen LogP contribution in [0.3, 0.4) is 0 Å². The number of rotatable bonds is 36. The van der Waals surface area contributed by atoms with Crippen molar-refractivity contribution in [2.24, 2.45) is 0 Å². The molecule has 5 nitrogen and oxygen atoms in total. The molecule has 0 heterocycles. The molecule has 0 aliphatic rings. The fourth-order valence-corrected chi connectivity index (χ4v) is 8.25. The van der Waals surface area contributed by atoms with Gasteiger partial charge in [0.2, 0.25) is 9.84 Å². The van der Waals surface area contributed by atoms with E-state index in [1.54, 1.807) is 0 Å². The van der Waals surface area contributed by atoms with Gasteiger partial charge in [0, 0.05) is 13.2 Å². The summed E-state index contributed by atoms with van der Waals surface area (Å²) in [6.07, 6.45) is 46.0. The summed E-state index contributed by atoms with van der Waals surface area (Å²) in [5.41, 5.74) is 0. The summed E-state index contributed by atoms with van der Waals surface area (Å²) < 4.78 is 30.1. The van der Waals surface area contributed by atoms with Gasteiger partial charge in [-0.3, -0.25) is 0 Å². The summed E-state index contributed by atoms with van der Waals surface area (Å²) in [4.78, 5) is 0.196. The second kappa shape index (κ2) is 36.6. The highest BCUT2D eigenvalue weighted by Gasteiger charge is 2.17. The minimum absolute atomic E-state index is 0.00894. The molecule has 0 amide bonds.